The highest BCUT2D eigenvalue weighted by Gasteiger charge is 2.14. The van der Waals surface area contributed by atoms with E-state index in [0.29, 0.717) is 16.5 Å². The molecule has 1 aromatic carbocycles. The number of rotatable bonds is 5. The number of para-hydroxylation sites is 1. The Bertz CT molecular complexity index is 1130. The van der Waals surface area contributed by atoms with Gasteiger partial charge < -0.3 is 4.74 Å². The van der Waals surface area contributed by atoms with Gasteiger partial charge in [-0.05, 0) is 18.2 Å². The molecule has 0 saturated heterocycles. The van der Waals surface area contributed by atoms with Crippen LogP contribution >= 0.6 is 0 Å². The molecule has 4 rings (SSSR count). The second kappa shape index (κ2) is 6.84. The Morgan fingerprint density at radius 3 is 2.74 bits per heavy atom. The molecule has 0 fully saturated rings. The number of aryl methyl sites for hydroxylation is 2. The van der Waals surface area contributed by atoms with Gasteiger partial charge in [0.25, 0.3) is 0 Å². The monoisotopic (exact) mass is 382 g/mol. The summed E-state index contributed by atoms with van der Waals surface area (Å²) in [6.45, 7) is 0. The van der Waals surface area contributed by atoms with Crippen LogP contribution in [0.25, 0.3) is 22.2 Å². The van der Waals surface area contributed by atoms with Gasteiger partial charge in [0.05, 0.1) is 40.7 Å². The smallest absolute Gasteiger partial charge is 0.242 e. The first kappa shape index (κ1) is 17.2. The number of hydrogen-bond acceptors (Lipinski definition) is 5. The lowest BCUT2D eigenvalue weighted by Crippen LogP contribution is -2.06. The standard InChI is InChI=1S/C18H18N6O2S/c1-23-11-14(18(21-23)26-3)15-8-7-13(10-19-15)27(25)22-16-6-4-5-12-9-20-24(2)17(12)16/h4-11,22H,1-3H3. The number of anilines is 1. The number of hydrogen-bond donors (Lipinski definition) is 1. The van der Waals surface area contributed by atoms with E-state index >= 15 is 0 Å². The summed E-state index contributed by atoms with van der Waals surface area (Å²) in [4.78, 5) is 4.99. The van der Waals surface area contributed by atoms with Crippen molar-refractivity contribution in [2.24, 2.45) is 14.1 Å². The van der Waals surface area contributed by atoms with Crippen molar-refractivity contribution in [3.8, 4) is 17.1 Å². The fourth-order valence-corrected chi connectivity index (χ4v) is 3.74. The Morgan fingerprint density at radius 1 is 1.15 bits per heavy atom. The maximum atomic E-state index is 12.8. The minimum Gasteiger partial charge on any atom is -0.479 e. The van der Waals surface area contributed by atoms with Crippen LogP contribution in [-0.4, -0.2) is 35.9 Å². The predicted octanol–water partition coefficient (Wildman–Crippen LogP) is 2.51. The Balaban J connectivity index is 1.60. The van der Waals surface area contributed by atoms with Gasteiger partial charge >= 0.3 is 0 Å². The molecule has 3 aromatic heterocycles. The molecule has 1 atom stereocenters. The molecule has 1 unspecified atom stereocenters. The van der Waals surface area contributed by atoms with E-state index in [1.807, 2.05) is 38.5 Å². The first-order valence-corrected chi connectivity index (χ1v) is 9.35. The van der Waals surface area contributed by atoms with Crippen molar-refractivity contribution in [1.29, 1.82) is 0 Å². The van der Waals surface area contributed by atoms with Gasteiger partial charge in [-0.25, -0.2) is 4.21 Å². The van der Waals surface area contributed by atoms with Crippen LogP contribution in [0.5, 0.6) is 5.88 Å². The lowest BCUT2D eigenvalue weighted by molar-refractivity contribution is 0.393. The van der Waals surface area contributed by atoms with Gasteiger partial charge in [-0.3, -0.25) is 19.1 Å². The van der Waals surface area contributed by atoms with E-state index in [9.17, 15) is 4.21 Å². The highest BCUT2D eigenvalue weighted by atomic mass is 32.2. The topological polar surface area (TPSA) is 86.9 Å². The Kier molecular flexibility index (Phi) is 4.36. The molecule has 0 saturated carbocycles. The average Bonchev–Trinajstić information content (AvgIpc) is 3.25. The Morgan fingerprint density at radius 2 is 2.00 bits per heavy atom. The average molecular weight is 382 g/mol. The zero-order valence-electron chi connectivity index (χ0n) is 15.1. The Labute approximate surface area is 158 Å². The van der Waals surface area contributed by atoms with Gasteiger partial charge in [-0.15, -0.1) is 5.10 Å². The van der Waals surface area contributed by atoms with E-state index in [2.05, 4.69) is 19.9 Å². The number of aromatic nitrogens is 5. The number of methoxy groups -OCH3 is 1. The van der Waals surface area contributed by atoms with Gasteiger partial charge in [0.1, 0.15) is 0 Å². The summed E-state index contributed by atoms with van der Waals surface area (Å²) in [5.74, 6) is 0.500. The molecule has 8 nitrogen and oxygen atoms in total. The normalized spacial score (nSPS) is 12.3. The highest BCUT2D eigenvalue weighted by molar-refractivity contribution is 7.86. The second-order valence-electron chi connectivity index (χ2n) is 5.99. The first-order chi connectivity index (χ1) is 13.1. The summed E-state index contributed by atoms with van der Waals surface area (Å²) in [6.07, 6.45) is 5.20. The summed E-state index contributed by atoms with van der Waals surface area (Å²) in [7, 11) is 3.79. The van der Waals surface area contributed by atoms with Crippen molar-refractivity contribution in [2.75, 3.05) is 11.8 Å². The van der Waals surface area contributed by atoms with E-state index in [0.717, 1.165) is 22.2 Å². The predicted molar refractivity (Wildman–Crippen MR) is 104 cm³/mol. The molecule has 1 N–H and O–H groups in total. The molecular weight excluding hydrogens is 364 g/mol. The molecule has 0 bridgehead atoms. The van der Waals surface area contributed by atoms with E-state index < -0.39 is 11.0 Å². The highest BCUT2D eigenvalue weighted by Crippen LogP contribution is 2.28. The number of fused-ring (bicyclic) bond motifs is 1. The molecule has 3 heterocycles. The largest absolute Gasteiger partial charge is 0.479 e. The van der Waals surface area contributed by atoms with Crippen LogP contribution in [0.1, 0.15) is 0 Å². The summed E-state index contributed by atoms with van der Waals surface area (Å²) < 4.78 is 24.5. The lowest BCUT2D eigenvalue weighted by atomic mass is 10.2. The molecule has 0 aliphatic rings. The van der Waals surface area contributed by atoms with Gasteiger partial charge in [0, 0.05) is 31.9 Å². The van der Waals surface area contributed by atoms with E-state index in [1.54, 1.807) is 41.0 Å². The number of benzene rings is 1. The molecule has 0 aliphatic carbocycles. The van der Waals surface area contributed by atoms with Gasteiger partial charge in [-0.1, -0.05) is 12.1 Å². The third-order valence-corrected chi connectivity index (χ3v) is 5.25. The summed E-state index contributed by atoms with van der Waals surface area (Å²) in [5.41, 5.74) is 3.14. The van der Waals surface area contributed by atoms with Crippen LogP contribution < -0.4 is 9.46 Å². The van der Waals surface area contributed by atoms with Crippen LogP contribution in [-0.2, 0) is 25.1 Å². The SMILES string of the molecule is COc1nn(C)cc1-c1ccc(S(=O)Nc2cccc3cnn(C)c23)cn1. The van der Waals surface area contributed by atoms with Crippen molar-refractivity contribution in [1.82, 2.24) is 24.5 Å². The van der Waals surface area contributed by atoms with Crippen LogP contribution in [0.4, 0.5) is 5.69 Å². The van der Waals surface area contributed by atoms with E-state index in [-0.39, 0.29) is 0 Å². The number of nitrogens with zero attached hydrogens (tertiary/aromatic N) is 5. The van der Waals surface area contributed by atoms with Crippen molar-refractivity contribution in [2.45, 2.75) is 4.90 Å². The van der Waals surface area contributed by atoms with Crippen molar-refractivity contribution in [3.63, 3.8) is 0 Å². The molecule has 0 spiro atoms. The zero-order chi connectivity index (χ0) is 19.0. The third-order valence-electron chi connectivity index (χ3n) is 4.18. The molecule has 0 aliphatic heterocycles. The quantitative estimate of drug-likeness (QED) is 0.573. The summed E-state index contributed by atoms with van der Waals surface area (Å²) in [6, 6.07) is 9.33. The number of pyridine rings is 1. The molecule has 9 heteroatoms. The van der Waals surface area contributed by atoms with Gasteiger partial charge in [0.15, 0.2) is 11.0 Å². The molecule has 4 aromatic rings. The fraction of sp³-hybridized carbons (Fsp3) is 0.167. The van der Waals surface area contributed by atoms with Gasteiger partial charge in [-0.2, -0.15) is 5.10 Å². The molecule has 138 valence electrons. The van der Waals surface area contributed by atoms with E-state index in [1.165, 1.54) is 0 Å². The minimum absolute atomic E-state index is 0.500. The van der Waals surface area contributed by atoms with Crippen LogP contribution in [0.15, 0.2) is 53.8 Å². The van der Waals surface area contributed by atoms with Crippen molar-refractivity contribution < 1.29 is 8.95 Å². The lowest BCUT2D eigenvalue weighted by Gasteiger charge is -2.09. The van der Waals surface area contributed by atoms with Crippen LogP contribution in [0, 0.1) is 0 Å². The van der Waals surface area contributed by atoms with Gasteiger partial charge in [0.2, 0.25) is 5.88 Å². The molecule has 0 amide bonds. The summed E-state index contributed by atoms with van der Waals surface area (Å²) in [5, 5.41) is 9.45. The second-order valence-corrected chi connectivity index (χ2v) is 7.20. The minimum atomic E-state index is -1.46. The maximum Gasteiger partial charge on any atom is 0.242 e. The van der Waals surface area contributed by atoms with E-state index in [4.69, 9.17) is 4.74 Å². The van der Waals surface area contributed by atoms with Crippen molar-refractivity contribution in [3.05, 3.63) is 48.9 Å². The number of nitrogens with one attached hydrogen (secondary N) is 1. The Hall–Kier alpha value is -3.20. The fourth-order valence-electron chi connectivity index (χ4n) is 2.92. The molecule has 0 radical (unpaired) electrons. The third kappa shape index (κ3) is 3.17. The zero-order valence-corrected chi connectivity index (χ0v) is 15.9. The molecule has 27 heavy (non-hydrogen) atoms. The number of ether oxygens (including phenoxy) is 1. The van der Waals surface area contributed by atoms with Crippen LogP contribution in [0.2, 0.25) is 0 Å². The summed E-state index contributed by atoms with van der Waals surface area (Å²) >= 11 is 0. The first-order valence-electron chi connectivity index (χ1n) is 8.20. The molecular formula is C18H18N6O2S. The maximum absolute atomic E-state index is 12.8. The van der Waals surface area contributed by atoms with Crippen LogP contribution in [0.3, 0.4) is 0 Å². The van der Waals surface area contributed by atoms with Crippen molar-refractivity contribution >= 4 is 27.6 Å².